The number of benzene rings is 2. The highest BCUT2D eigenvalue weighted by Crippen LogP contribution is 2.30. The molecule has 0 radical (unpaired) electrons. The van der Waals surface area contributed by atoms with Gasteiger partial charge in [0.25, 0.3) is 17.7 Å². The Bertz CT molecular complexity index is 2150. The largest absolute Gasteiger partial charge is 0.478 e. The third-order valence-corrected chi connectivity index (χ3v) is 10.3. The van der Waals surface area contributed by atoms with E-state index in [0.29, 0.717) is 72.3 Å². The van der Waals surface area contributed by atoms with Crippen LogP contribution in [-0.4, -0.2) is 91.8 Å². The summed E-state index contributed by atoms with van der Waals surface area (Å²) in [5.74, 6) is 0.504. The quantitative estimate of drug-likeness (QED) is 0.115. The molecular formula is C36H31N5O8S4. The summed E-state index contributed by atoms with van der Waals surface area (Å²) >= 11 is 12.3. The van der Waals surface area contributed by atoms with Gasteiger partial charge in [-0.25, -0.2) is 9.80 Å². The second-order valence-corrected chi connectivity index (χ2v) is 15.0. The van der Waals surface area contributed by atoms with Crippen molar-refractivity contribution in [1.82, 2.24) is 26.0 Å². The van der Waals surface area contributed by atoms with Crippen LogP contribution >= 0.6 is 48.0 Å². The third kappa shape index (κ3) is 9.96. The fourth-order valence-corrected chi connectivity index (χ4v) is 7.37. The number of carboxylic acids is 1. The maximum atomic E-state index is 12.7. The molecule has 7 rings (SSSR count). The van der Waals surface area contributed by atoms with Crippen molar-refractivity contribution in [3.8, 4) is 22.6 Å². The minimum absolute atomic E-state index is 0.143. The van der Waals surface area contributed by atoms with Crippen molar-refractivity contribution >= 4 is 92.4 Å². The summed E-state index contributed by atoms with van der Waals surface area (Å²) in [6.45, 7) is 3.80. The third-order valence-electron chi connectivity index (χ3n) is 7.94. The van der Waals surface area contributed by atoms with E-state index in [4.69, 9.17) is 43.5 Å². The Hall–Kier alpha value is -4.88. The zero-order valence-corrected chi connectivity index (χ0v) is 31.0. The van der Waals surface area contributed by atoms with Crippen LogP contribution in [0.1, 0.15) is 32.2 Å². The van der Waals surface area contributed by atoms with Gasteiger partial charge in [-0.3, -0.25) is 24.7 Å². The van der Waals surface area contributed by atoms with Gasteiger partial charge in [-0.1, -0.05) is 72.2 Å². The van der Waals surface area contributed by atoms with Gasteiger partial charge in [-0.15, -0.1) is 0 Å². The van der Waals surface area contributed by atoms with Crippen LogP contribution in [0.3, 0.4) is 0 Å². The number of nitrogens with one attached hydrogen (secondary N) is 3. The van der Waals surface area contributed by atoms with Gasteiger partial charge in [0.15, 0.2) is 0 Å². The number of aliphatic hydroxyl groups is 1. The van der Waals surface area contributed by atoms with Crippen LogP contribution in [0.5, 0.6) is 0 Å². The molecule has 2 aromatic heterocycles. The molecule has 272 valence electrons. The van der Waals surface area contributed by atoms with Crippen LogP contribution in [-0.2, 0) is 9.59 Å². The zero-order valence-electron chi connectivity index (χ0n) is 27.7. The summed E-state index contributed by atoms with van der Waals surface area (Å²) in [5.41, 5.74) is 5.08. The average Bonchev–Trinajstić information content (AvgIpc) is 3.95. The number of hydrazine groups is 1. The summed E-state index contributed by atoms with van der Waals surface area (Å²) in [5, 5.41) is 25.0. The smallest absolute Gasteiger partial charge is 0.335 e. The van der Waals surface area contributed by atoms with Crippen molar-refractivity contribution in [1.29, 1.82) is 0 Å². The van der Waals surface area contributed by atoms with Gasteiger partial charge < -0.3 is 29.7 Å². The molecule has 3 fully saturated rings. The number of furan rings is 2. The summed E-state index contributed by atoms with van der Waals surface area (Å²) in [6.07, 6.45) is 3.25. The van der Waals surface area contributed by atoms with Crippen molar-refractivity contribution < 1.29 is 38.2 Å². The van der Waals surface area contributed by atoms with Gasteiger partial charge in [-0.2, -0.15) is 0 Å². The number of piperazine rings is 1. The lowest BCUT2D eigenvalue weighted by molar-refractivity contribution is -0.116. The van der Waals surface area contributed by atoms with E-state index in [-0.39, 0.29) is 29.9 Å². The second kappa shape index (κ2) is 17.3. The lowest BCUT2D eigenvalue weighted by Crippen LogP contribution is -2.53. The Kier molecular flexibility index (Phi) is 12.4. The number of aromatic carboxylic acids is 1. The van der Waals surface area contributed by atoms with Gasteiger partial charge in [0, 0.05) is 61.6 Å². The van der Waals surface area contributed by atoms with E-state index in [1.165, 1.54) is 35.7 Å². The second-order valence-electron chi connectivity index (χ2n) is 11.6. The van der Waals surface area contributed by atoms with Crippen molar-refractivity contribution in [2.24, 2.45) is 0 Å². The molecular weight excluding hydrogens is 759 g/mol. The molecule has 5 heterocycles. The fraction of sp³-hybridized carbons (Fsp3) is 0.167. The van der Waals surface area contributed by atoms with E-state index < -0.39 is 5.97 Å². The number of carbonyl (C=O) groups excluding carboxylic acids is 3. The first-order valence-electron chi connectivity index (χ1n) is 16.1. The molecule has 53 heavy (non-hydrogen) atoms. The summed E-state index contributed by atoms with van der Waals surface area (Å²) < 4.78 is 12.3. The minimum atomic E-state index is -0.997. The fourth-order valence-electron chi connectivity index (χ4n) is 5.32. The lowest BCUT2D eigenvalue weighted by Gasteiger charge is -2.34. The summed E-state index contributed by atoms with van der Waals surface area (Å²) in [6, 6.07) is 20.7. The molecule has 0 saturated carbocycles. The van der Waals surface area contributed by atoms with Crippen LogP contribution < -0.4 is 16.1 Å². The Morgan fingerprint density at radius 3 is 1.75 bits per heavy atom. The van der Waals surface area contributed by atoms with E-state index in [0.717, 1.165) is 18.7 Å². The molecule has 3 aliphatic heterocycles. The van der Waals surface area contributed by atoms with Gasteiger partial charge in [0.05, 0.1) is 22.0 Å². The maximum absolute atomic E-state index is 12.7. The Balaban J connectivity index is 0.000000192. The number of amides is 3. The predicted octanol–water partition coefficient (Wildman–Crippen LogP) is 4.82. The molecule has 0 bridgehead atoms. The van der Waals surface area contributed by atoms with E-state index >= 15 is 0 Å². The first-order valence-corrected chi connectivity index (χ1v) is 18.5. The number of carbonyl (C=O) groups is 4. The zero-order chi connectivity index (χ0) is 37.5. The SMILES string of the molecule is O=C1NC(=S)S/C1=C\c1ccc(-c2cccc(C(=O)NN3CCN(CCO)CC3)c2)o1.O=C1NC(=S)S/C1=C\c1ccc(-c2cccc(C(=O)O)c2)o1. The van der Waals surface area contributed by atoms with E-state index in [9.17, 15) is 19.2 Å². The average molecular weight is 790 g/mol. The molecule has 0 unspecified atom stereocenters. The molecule has 2 aromatic carbocycles. The van der Waals surface area contributed by atoms with Gasteiger partial charge >= 0.3 is 5.97 Å². The molecule has 13 nitrogen and oxygen atoms in total. The van der Waals surface area contributed by atoms with Crippen LogP contribution in [0.15, 0.2) is 91.4 Å². The lowest BCUT2D eigenvalue weighted by atomic mass is 10.1. The van der Waals surface area contributed by atoms with Gasteiger partial charge in [0.2, 0.25) is 0 Å². The van der Waals surface area contributed by atoms with Crippen molar-refractivity contribution in [3.05, 3.63) is 105 Å². The van der Waals surface area contributed by atoms with E-state index in [1.54, 1.807) is 60.7 Å². The standard InChI is InChI=1S/C21H22N4O4S2.C15H9NO4S2/c26-11-10-24-6-8-25(9-7-24)23-19(27)15-3-1-2-14(12-15)17-5-4-16(29-17)13-18-20(28)22-21(30)31-18;17-13-12(22-15(21)16-13)7-10-4-5-11(20-10)8-2-1-3-9(6-8)14(18)19/h1-5,12-13,26H,6-11H2,(H,23,27)(H,22,28,30);1-7H,(H,18,19)(H,16,17,21)/b18-13-;12-7-. The van der Waals surface area contributed by atoms with Crippen molar-refractivity contribution in [3.63, 3.8) is 0 Å². The number of carboxylic acid groups (broad SMARTS) is 1. The number of aliphatic hydroxyl groups excluding tert-OH is 1. The molecule has 5 N–H and O–H groups in total. The molecule has 3 aliphatic rings. The van der Waals surface area contributed by atoms with E-state index in [2.05, 4.69) is 21.0 Å². The van der Waals surface area contributed by atoms with Crippen molar-refractivity contribution in [2.45, 2.75) is 0 Å². The number of hydrogen-bond acceptors (Lipinski definition) is 13. The number of nitrogens with zero attached hydrogens (tertiary/aromatic N) is 2. The number of hydrogen-bond donors (Lipinski definition) is 5. The molecule has 0 spiro atoms. The molecule has 3 saturated heterocycles. The Labute approximate surface area is 322 Å². The highest BCUT2D eigenvalue weighted by molar-refractivity contribution is 8.27. The number of rotatable bonds is 9. The molecule has 4 aromatic rings. The Morgan fingerprint density at radius 2 is 1.28 bits per heavy atom. The normalized spacial score (nSPS) is 17.8. The molecule has 0 atom stereocenters. The monoisotopic (exact) mass is 789 g/mol. The van der Waals surface area contributed by atoms with Gasteiger partial charge in [0.1, 0.15) is 31.7 Å². The summed E-state index contributed by atoms with van der Waals surface area (Å²) in [4.78, 5) is 50.2. The van der Waals surface area contributed by atoms with Crippen LogP contribution in [0.4, 0.5) is 0 Å². The number of thiocarbonyl (C=S) groups is 2. The van der Waals surface area contributed by atoms with Crippen LogP contribution in [0, 0.1) is 0 Å². The van der Waals surface area contributed by atoms with Gasteiger partial charge in [-0.05, 0) is 48.5 Å². The van der Waals surface area contributed by atoms with E-state index in [1.807, 2.05) is 17.1 Å². The predicted molar refractivity (Wildman–Crippen MR) is 210 cm³/mol. The summed E-state index contributed by atoms with van der Waals surface area (Å²) in [7, 11) is 0. The number of β-amino-alcohol motifs (C(OH)–C–C–N with tert-alkyl or cyclic N) is 1. The first kappa shape index (κ1) is 37.9. The highest BCUT2D eigenvalue weighted by Gasteiger charge is 2.24. The number of thioether (sulfide) groups is 2. The minimum Gasteiger partial charge on any atom is -0.478 e. The first-order chi connectivity index (χ1) is 25.5. The van der Waals surface area contributed by atoms with Crippen LogP contribution in [0.25, 0.3) is 34.8 Å². The highest BCUT2D eigenvalue weighted by atomic mass is 32.2. The maximum Gasteiger partial charge on any atom is 0.335 e. The van der Waals surface area contributed by atoms with Crippen molar-refractivity contribution in [2.75, 3.05) is 39.3 Å². The van der Waals surface area contributed by atoms with Crippen LogP contribution in [0.2, 0.25) is 0 Å². The molecule has 0 aliphatic carbocycles. The Morgan fingerprint density at radius 1 is 0.774 bits per heavy atom. The topological polar surface area (TPSA) is 178 Å². The molecule has 17 heteroatoms. The molecule has 3 amide bonds.